The zero-order chi connectivity index (χ0) is 5.11. The highest BCUT2D eigenvalue weighted by molar-refractivity contribution is 7.93. The molecule has 1 heterocycles. The monoisotopic (exact) mass is 132 g/mol. The second-order valence-corrected chi connectivity index (χ2v) is 4.12. The molecule has 0 aromatic heterocycles. The molecule has 0 amide bonds. The number of hydrogen-bond donors (Lipinski definition) is 0. The Morgan fingerprint density at radius 3 is 2.57 bits per heavy atom. The average molecular weight is 132 g/mol. The van der Waals surface area contributed by atoms with Crippen LogP contribution in [-0.2, 0) is 0 Å². The Hall–Kier alpha value is 0.520. The van der Waals surface area contributed by atoms with E-state index in [0.29, 0.717) is 0 Å². The van der Waals surface area contributed by atoms with Crippen LogP contribution in [0.1, 0.15) is 19.3 Å². The molecule has 1 atom stereocenters. The fraction of sp³-hybridized carbons (Fsp3) is 0.800. The molecular formula is C5H9PS. The molecule has 1 saturated heterocycles. The van der Waals surface area contributed by atoms with Crippen molar-refractivity contribution in [2.45, 2.75) is 19.3 Å². The third kappa shape index (κ3) is 1.84. The predicted molar refractivity (Wildman–Crippen MR) is 39.6 cm³/mol. The second kappa shape index (κ2) is 2.74. The number of hydrogen-bond acceptors (Lipinski definition) is 1. The maximum atomic E-state index is 5.02. The fourth-order valence-corrected chi connectivity index (χ4v) is 2.24. The Morgan fingerprint density at radius 2 is 2.29 bits per heavy atom. The first-order chi connectivity index (χ1) is 3.39. The van der Waals surface area contributed by atoms with Gasteiger partial charge in [0.25, 0.3) is 0 Å². The van der Waals surface area contributed by atoms with Gasteiger partial charge >= 0.3 is 0 Å². The molecule has 0 radical (unpaired) electrons. The molecule has 0 N–H and O–H groups in total. The molecule has 1 aliphatic heterocycles. The second-order valence-electron chi connectivity index (χ2n) is 1.81. The summed E-state index contributed by atoms with van der Waals surface area (Å²) in [5.74, 6) is 0. The number of rotatable bonds is 0. The third-order valence-corrected chi connectivity index (χ3v) is 3.04. The molecule has 1 fully saturated rings. The molecule has 0 nitrogen and oxygen atoms in total. The van der Waals surface area contributed by atoms with E-state index in [0.717, 1.165) is 8.58 Å². The standard InChI is InChI=1S/C5H9PS/c7-5-3-1-2-4-6-5/h6H,1-4H2. The van der Waals surface area contributed by atoms with Crippen molar-refractivity contribution in [3.63, 3.8) is 0 Å². The summed E-state index contributed by atoms with van der Waals surface area (Å²) in [6.45, 7) is 0. The van der Waals surface area contributed by atoms with Gasteiger partial charge in [0.2, 0.25) is 0 Å². The lowest BCUT2D eigenvalue weighted by molar-refractivity contribution is 0.842. The van der Waals surface area contributed by atoms with Crippen LogP contribution in [0.25, 0.3) is 0 Å². The molecule has 7 heavy (non-hydrogen) atoms. The SMILES string of the molecule is S=C1CCCCP1. The van der Waals surface area contributed by atoms with Crippen LogP contribution in [0.4, 0.5) is 0 Å². The van der Waals surface area contributed by atoms with Gasteiger partial charge in [0.1, 0.15) is 0 Å². The highest BCUT2D eigenvalue weighted by atomic mass is 32.1. The van der Waals surface area contributed by atoms with Crippen molar-refractivity contribution >= 4 is 25.4 Å². The van der Waals surface area contributed by atoms with Crippen LogP contribution < -0.4 is 0 Å². The summed E-state index contributed by atoms with van der Waals surface area (Å²) in [5, 5.41) is 0. The Balaban J connectivity index is 2.25. The van der Waals surface area contributed by atoms with Gasteiger partial charge in [-0.1, -0.05) is 20.8 Å². The van der Waals surface area contributed by atoms with E-state index < -0.39 is 0 Å². The minimum absolute atomic E-state index is 1.01. The van der Waals surface area contributed by atoms with Gasteiger partial charge in [-0.15, -0.1) is 0 Å². The van der Waals surface area contributed by atoms with Crippen molar-refractivity contribution in [2.75, 3.05) is 6.16 Å². The number of thiocarbonyl (C=S) groups is 1. The van der Waals surface area contributed by atoms with Crippen molar-refractivity contribution in [3.05, 3.63) is 0 Å². The van der Waals surface area contributed by atoms with Gasteiger partial charge in [0.05, 0.1) is 0 Å². The third-order valence-electron chi connectivity index (χ3n) is 1.15. The van der Waals surface area contributed by atoms with Gasteiger partial charge in [-0.3, -0.25) is 0 Å². The summed E-state index contributed by atoms with van der Waals surface area (Å²) in [5.41, 5.74) is 0. The maximum absolute atomic E-state index is 5.02. The molecule has 0 aliphatic carbocycles. The van der Waals surface area contributed by atoms with Gasteiger partial charge in [-0.2, -0.15) is 0 Å². The summed E-state index contributed by atoms with van der Waals surface area (Å²) >= 11 is 5.02. The molecule has 0 spiro atoms. The highest BCUT2D eigenvalue weighted by Gasteiger charge is 2.02. The highest BCUT2D eigenvalue weighted by Crippen LogP contribution is 2.25. The van der Waals surface area contributed by atoms with Crippen LogP contribution in [0.2, 0.25) is 0 Å². The normalized spacial score (nSPS) is 26.0. The van der Waals surface area contributed by atoms with Crippen LogP contribution in [0.15, 0.2) is 0 Å². The molecule has 1 aliphatic rings. The first-order valence-electron chi connectivity index (χ1n) is 2.66. The van der Waals surface area contributed by atoms with E-state index >= 15 is 0 Å². The van der Waals surface area contributed by atoms with E-state index in [1.807, 2.05) is 0 Å². The first-order valence-corrected chi connectivity index (χ1v) is 4.28. The van der Waals surface area contributed by atoms with Gasteiger partial charge in [-0.05, 0) is 25.4 Å². The van der Waals surface area contributed by atoms with E-state index in [1.54, 1.807) is 0 Å². The molecule has 1 rings (SSSR count). The van der Waals surface area contributed by atoms with E-state index in [4.69, 9.17) is 12.2 Å². The molecule has 2 heteroatoms. The summed E-state index contributed by atoms with van der Waals surface area (Å²) in [6.07, 6.45) is 5.37. The minimum Gasteiger partial charge on any atom is -0.0847 e. The average Bonchev–Trinajstić information content (AvgIpc) is 1.69. The largest absolute Gasteiger partial charge is 0.0847 e. The predicted octanol–water partition coefficient (Wildman–Crippen LogP) is 2.18. The molecule has 1 unspecified atom stereocenters. The Morgan fingerprint density at radius 1 is 1.43 bits per heavy atom. The maximum Gasteiger partial charge on any atom is 0.0132 e. The lowest BCUT2D eigenvalue weighted by atomic mass is 10.3. The van der Waals surface area contributed by atoms with Gasteiger partial charge in [0.15, 0.2) is 0 Å². The lowest BCUT2D eigenvalue weighted by Crippen LogP contribution is -1.95. The summed E-state index contributed by atoms with van der Waals surface area (Å²) in [6, 6.07) is 0. The molecule has 0 aromatic rings. The zero-order valence-corrected chi connectivity index (χ0v) is 6.05. The van der Waals surface area contributed by atoms with Crippen LogP contribution in [0.5, 0.6) is 0 Å². The summed E-state index contributed by atoms with van der Waals surface area (Å²) in [7, 11) is 1.01. The zero-order valence-electron chi connectivity index (χ0n) is 4.24. The molecule has 0 aromatic carbocycles. The van der Waals surface area contributed by atoms with Crippen LogP contribution in [0.3, 0.4) is 0 Å². The van der Waals surface area contributed by atoms with E-state index in [9.17, 15) is 0 Å². The lowest BCUT2D eigenvalue weighted by Gasteiger charge is -2.08. The van der Waals surface area contributed by atoms with Crippen molar-refractivity contribution in [3.8, 4) is 0 Å². The molecule has 40 valence electrons. The van der Waals surface area contributed by atoms with Crippen LogP contribution >= 0.6 is 20.8 Å². The van der Waals surface area contributed by atoms with Gasteiger partial charge in [-0.25, -0.2) is 0 Å². The van der Waals surface area contributed by atoms with Crippen molar-refractivity contribution < 1.29 is 0 Å². The summed E-state index contributed by atoms with van der Waals surface area (Å²) < 4.78 is 1.33. The Labute approximate surface area is 51.5 Å². The quantitative estimate of drug-likeness (QED) is 0.359. The van der Waals surface area contributed by atoms with Crippen molar-refractivity contribution in [2.24, 2.45) is 0 Å². The molecule has 0 bridgehead atoms. The molecule has 0 saturated carbocycles. The summed E-state index contributed by atoms with van der Waals surface area (Å²) in [4.78, 5) is 0. The minimum atomic E-state index is 1.01. The Kier molecular flexibility index (Phi) is 2.21. The van der Waals surface area contributed by atoms with Crippen molar-refractivity contribution in [1.82, 2.24) is 0 Å². The topological polar surface area (TPSA) is 0 Å². The van der Waals surface area contributed by atoms with Gasteiger partial charge in [0, 0.05) is 4.61 Å². The fourth-order valence-electron chi connectivity index (χ4n) is 0.727. The van der Waals surface area contributed by atoms with E-state index in [1.165, 1.54) is 30.0 Å². The van der Waals surface area contributed by atoms with Crippen molar-refractivity contribution in [1.29, 1.82) is 0 Å². The van der Waals surface area contributed by atoms with Crippen LogP contribution in [0, 0.1) is 0 Å². The Bertz CT molecular complexity index is 72.1. The smallest absolute Gasteiger partial charge is 0.0132 e. The van der Waals surface area contributed by atoms with Crippen LogP contribution in [-0.4, -0.2) is 10.8 Å². The first kappa shape index (κ1) is 5.65. The van der Waals surface area contributed by atoms with Gasteiger partial charge < -0.3 is 0 Å². The van der Waals surface area contributed by atoms with E-state index in [2.05, 4.69) is 0 Å². The van der Waals surface area contributed by atoms with E-state index in [-0.39, 0.29) is 0 Å². The molecular weight excluding hydrogens is 123 g/mol.